The number of pyridine rings is 1. The summed E-state index contributed by atoms with van der Waals surface area (Å²) in [6.45, 7) is 7.33. The molecule has 15 heavy (non-hydrogen) atoms. The van der Waals surface area contributed by atoms with E-state index in [1.54, 1.807) is 0 Å². The molecule has 2 heteroatoms. The predicted molar refractivity (Wildman–Crippen MR) is 62.7 cm³/mol. The molecule has 0 aromatic carbocycles. The van der Waals surface area contributed by atoms with Crippen molar-refractivity contribution in [2.24, 2.45) is 17.6 Å². The van der Waals surface area contributed by atoms with Crippen LogP contribution in [0.3, 0.4) is 0 Å². The largest absolute Gasteiger partial charge is 0.330 e. The van der Waals surface area contributed by atoms with Gasteiger partial charge in [-0.1, -0.05) is 19.9 Å². The molecule has 82 valence electrons. The van der Waals surface area contributed by atoms with E-state index in [0.29, 0.717) is 0 Å². The van der Waals surface area contributed by atoms with Gasteiger partial charge in [-0.2, -0.15) is 0 Å². The normalized spacial score (nSPS) is 29.5. The molecular formula is C13H20N2. The van der Waals surface area contributed by atoms with Gasteiger partial charge in [0.2, 0.25) is 0 Å². The Bertz CT molecular complexity index is 342. The van der Waals surface area contributed by atoms with Gasteiger partial charge < -0.3 is 5.73 Å². The lowest BCUT2D eigenvalue weighted by Crippen LogP contribution is -2.24. The highest BCUT2D eigenvalue weighted by Gasteiger charge is 2.55. The van der Waals surface area contributed by atoms with Crippen molar-refractivity contribution < 1.29 is 0 Å². The minimum absolute atomic E-state index is 0.231. The van der Waals surface area contributed by atoms with E-state index in [2.05, 4.69) is 31.0 Å². The minimum atomic E-state index is 0.231. The average Bonchev–Trinajstić information content (AvgIpc) is 2.95. The fourth-order valence-corrected chi connectivity index (χ4v) is 2.65. The summed E-state index contributed by atoms with van der Waals surface area (Å²) in [5.74, 6) is 1.46. The van der Waals surface area contributed by atoms with Crippen molar-refractivity contribution >= 4 is 0 Å². The van der Waals surface area contributed by atoms with Crippen LogP contribution in [0.2, 0.25) is 0 Å². The molecule has 2 nitrogen and oxygen atoms in total. The molecule has 1 aromatic rings. The summed E-state index contributed by atoms with van der Waals surface area (Å²) in [5, 5.41) is 0. The van der Waals surface area contributed by atoms with Crippen LogP contribution < -0.4 is 5.73 Å². The number of hydrogen-bond acceptors (Lipinski definition) is 2. The van der Waals surface area contributed by atoms with Gasteiger partial charge in [-0.25, -0.2) is 0 Å². The number of hydrogen-bond donors (Lipinski definition) is 1. The van der Waals surface area contributed by atoms with Crippen molar-refractivity contribution in [2.45, 2.75) is 32.6 Å². The van der Waals surface area contributed by atoms with Gasteiger partial charge in [-0.05, 0) is 36.8 Å². The molecule has 0 saturated heterocycles. The molecule has 2 unspecified atom stereocenters. The highest BCUT2D eigenvalue weighted by Crippen LogP contribution is 2.56. The molecule has 1 heterocycles. The van der Waals surface area contributed by atoms with Crippen LogP contribution in [0, 0.1) is 18.8 Å². The first-order valence-corrected chi connectivity index (χ1v) is 5.73. The third-order valence-electron chi connectivity index (χ3n) is 3.79. The molecule has 1 saturated carbocycles. The summed E-state index contributed by atoms with van der Waals surface area (Å²) >= 11 is 0. The molecule has 0 bridgehead atoms. The molecule has 0 radical (unpaired) electrons. The van der Waals surface area contributed by atoms with Crippen molar-refractivity contribution in [3.8, 4) is 0 Å². The Kier molecular flexibility index (Phi) is 2.55. The summed E-state index contributed by atoms with van der Waals surface area (Å²) in [4.78, 5) is 4.37. The second-order valence-electron chi connectivity index (χ2n) is 5.10. The Morgan fingerprint density at radius 3 is 2.67 bits per heavy atom. The van der Waals surface area contributed by atoms with E-state index < -0.39 is 0 Å². The van der Waals surface area contributed by atoms with Crippen molar-refractivity contribution in [2.75, 3.05) is 6.54 Å². The van der Waals surface area contributed by atoms with Gasteiger partial charge in [0.1, 0.15) is 0 Å². The quantitative estimate of drug-likeness (QED) is 0.820. The Hall–Kier alpha value is -0.890. The lowest BCUT2D eigenvalue weighted by molar-refractivity contribution is 0.483. The van der Waals surface area contributed by atoms with E-state index in [9.17, 15) is 0 Å². The molecule has 0 amide bonds. The Morgan fingerprint density at radius 1 is 1.53 bits per heavy atom. The van der Waals surface area contributed by atoms with Crippen molar-refractivity contribution in [1.29, 1.82) is 0 Å². The standard InChI is InChI=1S/C13H20N2/c1-9(2)12-6-13(12,8-14)11-5-4-10(3)15-7-11/h4-5,7,9,12H,6,8,14H2,1-3H3. The van der Waals surface area contributed by atoms with Crippen LogP contribution in [0.25, 0.3) is 0 Å². The zero-order chi connectivity index (χ0) is 11.1. The van der Waals surface area contributed by atoms with Crippen LogP contribution >= 0.6 is 0 Å². The molecule has 2 N–H and O–H groups in total. The molecule has 0 aliphatic heterocycles. The van der Waals surface area contributed by atoms with Gasteiger partial charge in [0.15, 0.2) is 0 Å². The number of rotatable bonds is 3. The van der Waals surface area contributed by atoms with Gasteiger partial charge in [-0.3, -0.25) is 4.98 Å². The first kappa shape index (κ1) is 10.6. The maximum atomic E-state index is 5.94. The van der Waals surface area contributed by atoms with Crippen LogP contribution in [0.5, 0.6) is 0 Å². The smallest absolute Gasteiger partial charge is 0.0372 e. The van der Waals surface area contributed by atoms with E-state index in [-0.39, 0.29) is 5.41 Å². The summed E-state index contributed by atoms with van der Waals surface area (Å²) < 4.78 is 0. The zero-order valence-corrected chi connectivity index (χ0v) is 9.83. The molecule has 0 spiro atoms. The molecule has 1 aliphatic carbocycles. The summed E-state index contributed by atoms with van der Waals surface area (Å²) in [5.41, 5.74) is 8.57. The lowest BCUT2D eigenvalue weighted by Gasteiger charge is -2.17. The molecule has 1 aliphatic rings. The van der Waals surface area contributed by atoms with Gasteiger partial charge in [0.05, 0.1) is 0 Å². The topological polar surface area (TPSA) is 38.9 Å². The Morgan fingerprint density at radius 2 is 2.27 bits per heavy atom. The van der Waals surface area contributed by atoms with Crippen molar-refractivity contribution in [3.63, 3.8) is 0 Å². The molecule has 2 rings (SSSR count). The number of nitrogens with two attached hydrogens (primary N) is 1. The van der Waals surface area contributed by atoms with Gasteiger partial charge >= 0.3 is 0 Å². The Balaban J connectivity index is 2.26. The summed E-state index contributed by atoms with van der Waals surface area (Å²) in [7, 11) is 0. The highest BCUT2D eigenvalue weighted by atomic mass is 14.7. The minimum Gasteiger partial charge on any atom is -0.330 e. The van der Waals surface area contributed by atoms with E-state index in [1.807, 2.05) is 13.1 Å². The molecule has 2 atom stereocenters. The summed E-state index contributed by atoms with van der Waals surface area (Å²) in [6.07, 6.45) is 3.23. The first-order chi connectivity index (χ1) is 7.10. The van der Waals surface area contributed by atoms with E-state index in [0.717, 1.165) is 24.1 Å². The Labute approximate surface area is 91.9 Å². The fraction of sp³-hybridized carbons (Fsp3) is 0.615. The molecular weight excluding hydrogens is 184 g/mol. The monoisotopic (exact) mass is 204 g/mol. The zero-order valence-electron chi connectivity index (χ0n) is 9.83. The third kappa shape index (κ3) is 1.67. The first-order valence-electron chi connectivity index (χ1n) is 5.73. The van der Waals surface area contributed by atoms with Crippen molar-refractivity contribution in [3.05, 3.63) is 29.6 Å². The van der Waals surface area contributed by atoms with E-state index in [4.69, 9.17) is 5.73 Å². The van der Waals surface area contributed by atoms with Crippen molar-refractivity contribution in [1.82, 2.24) is 4.98 Å². The maximum Gasteiger partial charge on any atom is 0.0372 e. The van der Waals surface area contributed by atoms with E-state index in [1.165, 1.54) is 12.0 Å². The SMILES string of the molecule is Cc1ccc(C2(CN)CC2C(C)C)cn1. The van der Waals surface area contributed by atoms with Crippen LogP contribution in [-0.2, 0) is 5.41 Å². The van der Waals surface area contributed by atoms with Crippen LogP contribution in [0.15, 0.2) is 18.3 Å². The van der Waals surface area contributed by atoms with Crippen LogP contribution in [-0.4, -0.2) is 11.5 Å². The molecule has 1 fully saturated rings. The van der Waals surface area contributed by atoms with Gasteiger partial charge in [0, 0.05) is 23.9 Å². The van der Waals surface area contributed by atoms with Gasteiger partial charge in [0.25, 0.3) is 0 Å². The van der Waals surface area contributed by atoms with E-state index >= 15 is 0 Å². The fourth-order valence-electron chi connectivity index (χ4n) is 2.65. The lowest BCUT2D eigenvalue weighted by atomic mass is 9.90. The summed E-state index contributed by atoms with van der Waals surface area (Å²) in [6, 6.07) is 4.28. The highest BCUT2D eigenvalue weighted by molar-refractivity contribution is 5.33. The van der Waals surface area contributed by atoms with Crippen LogP contribution in [0.4, 0.5) is 0 Å². The third-order valence-corrected chi connectivity index (χ3v) is 3.79. The number of aromatic nitrogens is 1. The maximum absolute atomic E-state index is 5.94. The van der Waals surface area contributed by atoms with Crippen LogP contribution in [0.1, 0.15) is 31.5 Å². The average molecular weight is 204 g/mol. The number of nitrogens with zero attached hydrogens (tertiary/aromatic N) is 1. The second kappa shape index (κ2) is 3.60. The second-order valence-corrected chi connectivity index (χ2v) is 5.10. The predicted octanol–water partition coefficient (Wildman–Crippen LogP) is 2.26. The van der Waals surface area contributed by atoms with Gasteiger partial charge in [-0.15, -0.1) is 0 Å². The molecule has 1 aromatic heterocycles. The number of aryl methyl sites for hydroxylation is 1.